The van der Waals surface area contributed by atoms with Gasteiger partial charge in [0.15, 0.2) is 0 Å². The number of nitrogens with zero attached hydrogens (tertiary/aromatic N) is 3. The molecule has 0 spiro atoms. The molecule has 0 unspecified atom stereocenters. The number of carbonyl (C=O) groups is 1. The van der Waals surface area contributed by atoms with Gasteiger partial charge in [0, 0.05) is 39.6 Å². The van der Waals surface area contributed by atoms with Gasteiger partial charge in [-0.2, -0.15) is 0 Å². The Labute approximate surface area is 164 Å². The summed E-state index contributed by atoms with van der Waals surface area (Å²) < 4.78 is 5.98. The molecule has 5 nitrogen and oxygen atoms in total. The smallest absolute Gasteiger partial charge is 0.223 e. The SMILES string of the molecule is CN1CCN(Cc2cccc(OCCCCN3CCCCC3)c2)CCC1=O. The summed E-state index contributed by atoms with van der Waals surface area (Å²) in [6, 6.07) is 8.43. The van der Waals surface area contributed by atoms with E-state index in [-0.39, 0.29) is 5.91 Å². The first kappa shape index (κ1) is 20.2. The molecule has 1 aromatic rings. The van der Waals surface area contributed by atoms with Crippen molar-refractivity contribution in [2.45, 2.75) is 45.1 Å². The van der Waals surface area contributed by atoms with Crippen molar-refractivity contribution in [3.63, 3.8) is 0 Å². The highest BCUT2D eigenvalue weighted by Crippen LogP contribution is 2.17. The molecule has 0 aliphatic carbocycles. The summed E-state index contributed by atoms with van der Waals surface area (Å²) in [5.74, 6) is 1.22. The Morgan fingerprint density at radius 2 is 1.81 bits per heavy atom. The van der Waals surface area contributed by atoms with E-state index >= 15 is 0 Å². The van der Waals surface area contributed by atoms with Crippen LogP contribution in [0.3, 0.4) is 0 Å². The second-order valence-electron chi connectivity index (χ2n) is 7.95. The highest BCUT2D eigenvalue weighted by Gasteiger charge is 2.17. The van der Waals surface area contributed by atoms with E-state index in [9.17, 15) is 4.79 Å². The summed E-state index contributed by atoms with van der Waals surface area (Å²) in [5.41, 5.74) is 1.26. The fraction of sp³-hybridized carbons (Fsp3) is 0.682. The van der Waals surface area contributed by atoms with Crippen LogP contribution in [-0.2, 0) is 11.3 Å². The van der Waals surface area contributed by atoms with Crippen molar-refractivity contribution in [1.29, 1.82) is 0 Å². The Morgan fingerprint density at radius 1 is 0.963 bits per heavy atom. The number of rotatable bonds is 8. The number of hydrogen-bond donors (Lipinski definition) is 0. The number of ether oxygens (including phenoxy) is 1. The third kappa shape index (κ3) is 6.82. The summed E-state index contributed by atoms with van der Waals surface area (Å²) in [7, 11) is 1.89. The second kappa shape index (κ2) is 10.7. The zero-order valence-corrected chi connectivity index (χ0v) is 16.9. The molecule has 2 heterocycles. The molecule has 2 saturated heterocycles. The third-order valence-electron chi connectivity index (χ3n) is 5.71. The first-order valence-electron chi connectivity index (χ1n) is 10.6. The number of amides is 1. The highest BCUT2D eigenvalue weighted by atomic mass is 16.5. The minimum absolute atomic E-state index is 0.249. The average Bonchev–Trinajstić information content (AvgIpc) is 2.85. The Hall–Kier alpha value is -1.59. The van der Waals surface area contributed by atoms with E-state index in [0.717, 1.165) is 45.0 Å². The predicted molar refractivity (Wildman–Crippen MR) is 109 cm³/mol. The predicted octanol–water partition coefficient (Wildman–Crippen LogP) is 3.00. The molecule has 2 aliphatic heterocycles. The van der Waals surface area contributed by atoms with E-state index in [1.54, 1.807) is 0 Å². The van der Waals surface area contributed by atoms with Crippen molar-refractivity contribution in [3.8, 4) is 5.75 Å². The first-order valence-corrected chi connectivity index (χ1v) is 10.6. The summed E-state index contributed by atoms with van der Waals surface area (Å²) in [6.45, 7) is 8.03. The van der Waals surface area contributed by atoms with Crippen LogP contribution in [0.2, 0.25) is 0 Å². The lowest BCUT2D eigenvalue weighted by atomic mass is 10.1. The minimum atomic E-state index is 0.249. The number of likely N-dealkylation sites (N-methyl/N-ethyl adjacent to an activating group) is 1. The number of carbonyl (C=O) groups excluding carboxylic acids is 1. The molecule has 0 aromatic heterocycles. The zero-order chi connectivity index (χ0) is 18.9. The minimum Gasteiger partial charge on any atom is -0.494 e. The lowest BCUT2D eigenvalue weighted by Crippen LogP contribution is -2.30. The molecule has 0 radical (unpaired) electrons. The topological polar surface area (TPSA) is 36.0 Å². The van der Waals surface area contributed by atoms with Crippen LogP contribution >= 0.6 is 0 Å². The Balaban J connectivity index is 1.37. The molecular formula is C22H35N3O2. The standard InChI is InChI=1S/C22H35N3O2/c1-23-15-16-25(14-10-22(23)26)19-20-8-7-9-21(18-20)27-17-6-5-13-24-11-3-2-4-12-24/h7-9,18H,2-6,10-17,19H2,1H3. The maximum absolute atomic E-state index is 11.8. The van der Waals surface area contributed by atoms with E-state index < -0.39 is 0 Å². The van der Waals surface area contributed by atoms with E-state index in [0.29, 0.717) is 6.42 Å². The second-order valence-corrected chi connectivity index (χ2v) is 7.95. The van der Waals surface area contributed by atoms with E-state index in [4.69, 9.17) is 4.74 Å². The average molecular weight is 374 g/mol. The van der Waals surface area contributed by atoms with Crippen molar-refractivity contribution in [3.05, 3.63) is 29.8 Å². The molecular weight excluding hydrogens is 338 g/mol. The lowest BCUT2D eigenvalue weighted by Gasteiger charge is -2.26. The normalized spacial score (nSPS) is 19.9. The Bertz CT molecular complexity index is 587. The molecule has 0 saturated carbocycles. The molecule has 5 heteroatoms. The molecule has 1 aromatic carbocycles. The highest BCUT2D eigenvalue weighted by molar-refractivity contribution is 5.76. The van der Waals surface area contributed by atoms with Gasteiger partial charge in [0.2, 0.25) is 5.91 Å². The number of piperidine rings is 1. The van der Waals surface area contributed by atoms with Crippen LogP contribution in [0.5, 0.6) is 5.75 Å². The monoisotopic (exact) mass is 373 g/mol. The fourth-order valence-corrected chi connectivity index (χ4v) is 3.93. The van der Waals surface area contributed by atoms with E-state index in [2.05, 4.69) is 28.0 Å². The van der Waals surface area contributed by atoms with Gasteiger partial charge >= 0.3 is 0 Å². The zero-order valence-electron chi connectivity index (χ0n) is 16.9. The summed E-state index contributed by atoms with van der Waals surface area (Å²) in [6.07, 6.45) is 7.08. The van der Waals surface area contributed by atoms with Crippen LogP contribution in [0.15, 0.2) is 24.3 Å². The fourth-order valence-electron chi connectivity index (χ4n) is 3.93. The molecule has 1 amide bonds. The van der Waals surface area contributed by atoms with Crippen LogP contribution < -0.4 is 4.74 Å². The van der Waals surface area contributed by atoms with Crippen LogP contribution in [0, 0.1) is 0 Å². The molecule has 3 rings (SSSR count). The maximum atomic E-state index is 11.8. The largest absolute Gasteiger partial charge is 0.494 e. The van der Waals surface area contributed by atoms with Crippen molar-refractivity contribution in [2.75, 3.05) is 52.9 Å². The Morgan fingerprint density at radius 3 is 2.67 bits per heavy atom. The van der Waals surface area contributed by atoms with Crippen LogP contribution in [0.25, 0.3) is 0 Å². The maximum Gasteiger partial charge on any atom is 0.223 e. The number of benzene rings is 1. The number of unbranched alkanes of at least 4 members (excludes halogenated alkanes) is 1. The molecule has 0 atom stereocenters. The molecule has 0 N–H and O–H groups in total. The summed E-state index contributed by atoms with van der Waals surface area (Å²) >= 11 is 0. The van der Waals surface area contributed by atoms with Crippen molar-refractivity contribution >= 4 is 5.91 Å². The third-order valence-corrected chi connectivity index (χ3v) is 5.71. The van der Waals surface area contributed by atoms with E-state index in [1.165, 1.54) is 50.9 Å². The van der Waals surface area contributed by atoms with Crippen molar-refractivity contribution < 1.29 is 9.53 Å². The van der Waals surface area contributed by atoms with E-state index in [1.807, 2.05) is 18.0 Å². The van der Waals surface area contributed by atoms with Gasteiger partial charge in [-0.1, -0.05) is 18.6 Å². The Kier molecular flexibility index (Phi) is 7.96. The summed E-state index contributed by atoms with van der Waals surface area (Å²) in [4.78, 5) is 18.6. The lowest BCUT2D eigenvalue weighted by molar-refractivity contribution is -0.129. The quantitative estimate of drug-likeness (QED) is 0.657. The molecule has 2 fully saturated rings. The first-order chi connectivity index (χ1) is 13.2. The van der Waals surface area contributed by atoms with Gasteiger partial charge in [-0.05, 0) is 63.0 Å². The van der Waals surface area contributed by atoms with Crippen LogP contribution in [-0.4, -0.2) is 73.5 Å². The van der Waals surface area contributed by atoms with Gasteiger partial charge < -0.3 is 14.5 Å². The van der Waals surface area contributed by atoms with Crippen molar-refractivity contribution in [2.24, 2.45) is 0 Å². The van der Waals surface area contributed by atoms with Gasteiger partial charge in [-0.15, -0.1) is 0 Å². The van der Waals surface area contributed by atoms with Crippen LogP contribution in [0.4, 0.5) is 0 Å². The van der Waals surface area contributed by atoms with Gasteiger partial charge in [0.05, 0.1) is 6.61 Å². The van der Waals surface area contributed by atoms with Crippen LogP contribution in [0.1, 0.15) is 44.1 Å². The van der Waals surface area contributed by atoms with Gasteiger partial charge in [0.25, 0.3) is 0 Å². The molecule has 150 valence electrons. The van der Waals surface area contributed by atoms with Gasteiger partial charge in [-0.25, -0.2) is 0 Å². The number of hydrogen-bond acceptors (Lipinski definition) is 4. The molecule has 27 heavy (non-hydrogen) atoms. The molecule has 2 aliphatic rings. The number of likely N-dealkylation sites (tertiary alicyclic amines) is 1. The van der Waals surface area contributed by atoms with Crippen molar-refractivity contribution in [1.82, 2.24) is 14.7 Å². The molecule has 0 bridgehead atoms. The van der Waals surface area contributed by atoms with Gasteiger partial charge in [0.1, 0.15) is 5.75 Å². The summed E-state index contributed by atoms with van der Waals surface area (Å²) in [5, 5.41) is 0. The van der Waals surface area contributed by atoms with Gasteiger partial charge in [-0.3, -0.25) is 9.69 Å².